The van der Waals surface area contributed by atoms with E-state index in [-0.39, 0.29) is 23.8 Å². The Kier molecular flexibility index (Phi) is 2.84. The van der Waals surface area contributed by atoms with Gasteiger partial charge in [0.15, 0.2) is 0 Å². The zero-order valence-corrected chi connectivity index (χ0v) is 9.37. The molecule has 1 aromatic rings. The Morgan fingerprint density at radius 1 is 1.65 bits per heavy atom. The van der Waals surface area contributed by atoms with Crippen LogP contribution < -0.4 is 0 Å². The largest absolute Gasteiger partial charge is 0.391 e. The number of nitro groups is 1. The van der Waals surface area contributed by atoms with Crippen LogP contribution in [-0.4, -0.2) is 44.6 Å². The standard InChI is InChI=1S/C10H13N3O4/c1-11-5-7(13(16)17)4-9(11)10(15)12-3-2-8(14)6-12/h4-5,8,14H,2-3,6H2,1H3. The van der Waals surface area contributed by atoms with Crippen molar-refractivity contribution < 1.29 is 14.8 Å². The second kappa shape index (κ2) is 4.17. The van der Waals surface area contributed by atoms with E-state index in [4.69, 9.17) is 0 Å². The molecule has 1 aliphatic heterocycles. The van der Waals surface area contributed by atoms with Crippen LogP contribution in [0.5, 0.6) is 0 Å². The Labute approximate surface area is 97.4 Å². The number of likely N-dealkylation sites (tertiary alicyclic amines) is 1. The maximum absolute atomic E-state index is 12.0. The van der Waals surface area contributed by atoms with Gasteiger partial charge >= 0.3 is 0 Å². The third-order valence-corrected chi connectivity index (χ3v) is 2.87. The van der Waals surface area contributed by atoms with E-state index in [0.717, 1.165) is 0 Å². The Morgan fingerprint density at radius 2 is 2.35 bits per heavy atom. The molecule has 0 bridgehead atoms. The van der Waals surface area contributed by atoms with E-state index in [1.54, 1.807) is 7.05 Å². The summed E-state index contributed by atoms with van der Waals surface area (Å²) in [5, 5.41) is 19.9. The third-order valence-electron chi connectivity index (χ3n) is 2.87. The minimum Gasteiger partial charge on any atom is -0.391 e. The average molecular weight is 239 g/mol. The average Bonchev–Trinajstić information content (AvgIpc) is 2.84. The summed E-state index contributed by atoms with van der Waals surface area (Å²) in [7, 11) is 1.59. The van der Waals surface area contributed by atoms with Gasteiger partial charge in [0.2, 0.25) is 0 Å². The summed E-state index contributed by atoms with van der Waals surface area (Å²) in [6.07, 6.45) is 1.37. The number of aryl methyl sites for hydroxylation is 1. The molecule has 1 N–H and O–H groups in total. The summed E-state index contributed by atoms with van der Waals surface area (Å²) in [6, 6.07) is 1.26. The van der Waals surface area contributed by atoms with Crippen LogP contribution in [0.2, 0.25) is 0 Å². The normalized spacial score (nSPS) is 19.6. The van der Waals surface area contributed by atoms with Crippen molar-refractivity contribution in [3.05, 3.63) is 28.1 Å². The molecule has 17 heavy (non-hydrogen) atoms. The van der Waals surface area contributed by atoms with Gasteiger partial charge in [-0.2, -0.15) is 0 Å². The molecule has 1 fully saturated rings. The van der Waals surface area contributed by atoms with E-state index in [9.17, 15) is 20.0 Å². The molecular formula is C10H13N3O4. The molecule has 2 rings (SSSR count). The van der Waals surface area contributed by atoms with Crippen molar-refractivity contribution in [1.82, 2.24) is 9.47 Å². The minimum absolute atomic E-state index is 0.101. The van der Waals surface area contributed by atoms with Crippen molar-refractivity contribution in [1.29, 1.82) is 0 Å². The molecule has 0 aliphatic carbocycles. The number of hydrogen-bond acceptors (Lipinski definition) is 4. The second-order valence-electron chi connectivity index (χ2n) is 4.15. The topological polar surface area (TPSA) is 88.6 Å². The smallest absolute Gasteiger partial charge is 0.287 e. The maximum atomic E-state index is 12.0. The van der Waals surface area contributed by atoms with Crippen LogP contribution >= 0.6 is 0 Å². The van der Waals surface area contributed by atoms with E-state index >= 15 is 0 Å². The lowest BCUT2D eigenvalue weighted by Gasteiger charge is -2.15. The number of aliphatic hydroxyl groups excluding tert-OH is 1. The number of carbonyl (C=O) groups is 1. The first kappa shape index (κ1) is 11.6. The van der Waals surface area contributed by atoms with Gasteiger partial charge in [0.1, 0.15) is 5.69 Å². The van der Waals surface area contributed by atoms with Crippen molar-refractivity contribution in [2.24, 2.45) is 7.05 Å². The lowest BCUT2D eigenvalue weighted by Crippen LogP contribution is -2.30. The van der Waals surface area contributed by atoms with E-state index in [1.165, 1.54) is 21.7 Å². The van der Waals surface area contributed by atoms with Crippen LogP contribution in [0.4, 0.5) is 5.69 Å². The molecule has 7 heteroatoms. The summed E-state index contributed by atoms with van der Waals surface area (Å²) in [5.74, 6) is -0.280. The van der Waals surface area contributed by atoms with Gasteiger partial charge in [-0.05, 0) is 6.42 Å². The first-order valence-corrected chi connectivity index (χ1v) is 5.27. The van der Waals surface area contributed by atoms with E-state index < -0.39 is 11.0 Å². The lowest BCUT2D eigenvalue weighted by molar-refractivity contribution is -0.384. The molecule has 0 spiro atoms. The number of aromatic nitrogens is 1. The van der Waals surface area contributed by atoms with Crippen LogP contribution in [0.15, 0.2) is 12.3 Å². The molecule has 92 valence electrons. The van der Waals surface area contributed by atoms with Gasteiger partial charge in [0.25, 0.3) is 11.6 Å². The first-order chi connectivity index (χ1) is 7.99. The van der Waals surface area contributed by atoms with Gasteiger partial charge in [-0.1, -0.05) is 0 Å². The molecular weight excluding hydrogens is 226 g/mol. The minimum atomic E-state index is -0.532. The zero-order valence-electron chi connectivity index (χ0n) is 9.37. The van der Waals surface area contributed by atoms with Crippen molar-refractivity contribution in [3.63, 3.8) is 0 Å². The van der Waals surface area contributed by atoms with Gasteiger partial charge in [0, 0.05) is 26.2 Å². The highest BCUT2D eigenvalue weighted by Crippen LogP contribution is 2.19. The molecule has 1 aromatic heterocycles. The quantitative estimate of drug-likeness (QED) is 0.587. The fourth-order valence-corrected chi connectivity index (χ4v) is 1.95. The van der Waals surface area contributed by atoms with E-state index in [2.05, 4.69) is 0 Å². The molecule has 0 aromatic carbocycles. The van der Waals surface area contributed by atoms with Gasteiger partial charge < -0.3 is 14.6 Å². The summed E-state index contributed by atoms with van der Waals surface area (Å²) >= 11 is 0. The maximum Gasteiger partial charge on any atom is 0.287 e. The SMILES string of the molecule is Cn1cc([N+](=O)[O-])cc1C(=O)N1CCC(O)C1. The van der Waals surface area contributed by atoms with Crippen LogP contribution in [0.3, 0.4) is 0 Å². The number of aliphatic hydroxyl groups is 1. The van der Waals surface area contributed by atoms with Crippen molar-refractivity contribution >= 4 is 11.6 Å². The number of hydrogen-bond donors (Lipinski definition) is 1. The van der Waals surface area contributed by atoms with Crippen molar-refractivity contribution in [2.75, 3.05) is 13.1 Å². The van der Waals surface area contributed by atoms with Crippen molar-refractivity contribution in [2.45, 2.75) is 12.5 Å². The molecule has 0 saturated carbocycles. The molecule has 1 saturated heterocycles. The Bertz CT molecular complexity index is 468. The second-order valence-corrected chi connectivity index (χ2v) is 4.15. The number of nitrogens with zero attached hydrogens (tertiary/aromatic N) is 3. The zero-order chi connectivity index (χ0) is 12.6. The Hall–Kier alpha value is -1.89. The fraction of sp³-hybridized carbons (Fsp3) is 0.500. The predicted molar refractivity (Wildman–Crippen MR) is 58.6 cm³/mol. The number of amides is 1. The molecule has 1 amide bonds. The lowest BCUT2D eigenvalue weighted by atomic mass is 10.3. The highest BCUT2D eigenvalue weighted by molar-refractivity contribution is 5.93. The van der Waals surface area contributed by atoms with Crippen molar-refractivity contribution in [3.8, 4) is 0 Å². The van der Waals surface area contributed by atoms with Crippen LogP contribution in [0, 0.1) is 10.1 Å². The first-order valence-electron chi connectivity index (χ1n) is 5.27. The fourth-order valence-electron chi connectivity index (χ4n) is 1.95. The molecule has 0 radical (unpaired) electrons. The molecule has 1 aliphatic rings. The molecule has 1 unspecified atom stereocenters. The summed E-state index contributed by atoms with van der Waals surface area (Å²) in [6.45, 7) is 0.775. The predicted octanol–water partition coefficient (Wildman–Crippen LogP) is 0.140. The highest BCUT2D eigenvalue weighted by Gasteiger charge is 2.28. The van der Waals surface area contributed by atoms with E-state index in [0.29, 0.717) is 13.0 Å². The Morgan fingerprint density at radius 3 is 2.82 bits per heavy atom. The number of carbonyl (C=O) groups excluding carboxylic acids is 1. The number of rotatable bonds is 2. The van der Waals surface area contributed by atoms with Gasteiger partial charge in [-0.25, -0.2) is 0 Å². The van der Waals surface area contributed by atoms with Crippen LogP contribution in [0.25, 0.3) is 0 Å². The van der Waals surface area contributed by atoms with Gasteiger partial charge in [0.05, 0.1) is 17.2 Å². The van der Waals surface area contributed by atoms with Gasteiger partial charge in [-0.3, -0.25) is 14.9 Å². The van der Waals surface area contributed by atoms with Crippen LogP contribution in [-0.2, 0) is 7.05 Å². The Balaban J connectivity index is 2.22. The monoisotopic (exact) mass is 239 g/mol. The highest BCUT2D eigenvalue weighted by atomic mass is 16.6. The molecule has 2 heterocycles. The summed E-state index contributed by atoms with van der Waals surface area (Å²) < 4.78 is 1.44. The van der Waals surface area contributed by atoms with Crippen LogP contribution in [0.1, 0.15) is 16.9 Å². The number of β-amino-alcohol motifs (C(OH)–C–C–N with tert-alkyl or cyclic N) is 1. The third kappa shape index (κ3) is 2.14. The van der Waals surface area contributed by atoms with E-state index in [1.807, 2.05) is 0 Å². The summed E-state index contributed by atoms with van der Waals surface area (Å²) in [4.78, 5) is 23.6. The molecule has 7 nitrogen and oxygen atoms in total. The summed E-state index contributed by atoms with van der Waals surface area (Å²) in [5.41, 5.74) is 0.168. The molecule has 1 atom stereocenters. The van der Waals surface area contributed by atoms with Gasteiger partial charge in [-0.15, -0.1) is 0 Å².